The van der Waals surface area contributed by atoms with Crippen molar-refractivity contribution in [3.8, 4) is 16.9 Å². The van der Waals surface area contributed by atoms with Gasteiger partial charge in [0, 0.05) is 21.7 Å². The Hall–Kier alpha value is -3.17. The first-order chi connectivity index (χ1) is 13.7. The number of rotatable bonds is 2. The van der Waals surface area contributed by atoms with Crippen LogP contribution >= 0.6 is 11.6 Å². The first-order valence-corrected chi connectivity index (χ1v) is 9.64. The highest BCUT2D eigenvalue weighted by molar-refractivity contribution is 6.31. The van der Waals surface area contributed by atoms with Crippen molar-refractivity contribution in [2.45, 2.75) is 13.5 Å². The van der Waals surface area contributed by atoms with Gasteiger partial charge in [0.15, 0.2) is 0 Å². The highest BCUT2D eigenvalue weighted by atomic mass is 35.5. The number of hydrogen-bond acceptors (Lipinski definition) is 2. The molecule has 3 aromatic carbocycles. The van der Waals surface area contributed by atoms with E-state index in [1.165, 1.54) is 0 Å². The zero-order valence-electron chi connectivity index (χ0n) is 15.4. The van der Waals surface area contributed by atoms with Gasteiger partial charge >= 0.3 is 0 Å². The van der Waals surface area contributed by atoms with E-state index >= 15 is 0 Å². The van der Waals surface area contributed by atoms with Gasteiger partial charge < -0.3 is 0 Å². The van der Waals surface area contributed by atoms with Gasteiger partial charge in [0.05, 0.1) is 29.3 Å². The number of aryl methyl sites for hydroxylation is 1. The summed E-state index contributed by atoms with van der Waals surface area (Å²) in [5.41, 5.74) is 7.32. The van der Waals surface area contributed by atoms with Gasteiger partial charge in [0.25, 0.3) is 0 Å². The summed E-state index contributed by atoms with van der Waals surface area (Å²) >= 11 is 6.37. The average Bonchev–Trinajstić information content (AvgIpc) is 2.96. The summed E-state index contributed by atoms with van der Waals surface area (Å²) in [6.45, 7) is 2.60. The Morgan fingerprint density at radius 3 is 2.25 bits per heavy atom. The maximum atomic E-state index is 6.37. The number of halogens is 1. The van der Waals surface area contributed by atoms with Crippen LogP contribution in [0.4, 0.5) is 0 Å². The predicted octanol–water partition coefficient (Wildman–Crippen LogP) is 5.85. The van der Waals surface area contributed by atoms with Crippen molar-refractivity contribution in [1.29, 1.82) is 0 Å². The Morgan fingerprint density at radius 1 is 0.857 bits per heavy atom. The molecule has 0 fully saturated rings. The standard InChI is InChI=1S/C24H18ClN3/c1-16-27-24(18-10-6-3-7-11-18)22-15-26-23(17-8-4-2-5-9-17)20-14-19(25)12-13-21(20)28(16)22/h2-14H,15H2,1H3. The number of imidazole rings is 1. The van der Waals surface area contributed by atoms with Crippen LogP contribution in [0.3, 0.4) is 0 Å². The topological polar surface area (TPSA) is 30.2 Å². The third-order valence-electron chi connectivity index (χ3n) is 5.08. The van der Waals surface area contributed by atoms with Crippen LogP contribution in [-0.4, -0.2) is 15.3 Å². The fourth-order valence-corrected chi connectivity index (χ4v) is 4.02. The van der Waals surface area contributed by atoms with E-state index in [-0.39, 0.29) is 0 Å². The molecule has 0 unspecified atom stereocenters. The Morgan fingerprint density at radius 2 is 1.54 bits per heavy atom. The monoisotopic (exact) mass is 383 g/mol. The second-order valence-electron chi connectivity index (χ2n) is 6.85. The molecule has 5 rings (SSSR count). The molecular weight excluding hydrogens is 366 g/mol. The molecule has 0 amide bonds. The summed E-state index contributed by atoms with van der Waals surface area (Å²) in [6.07, 6.45) is 0. The lowest BCUT2D eigenvalue weighted by atomic mass is 10.0. The Bertz CT molecular complexity index is 1190. The maximum absolute atomic E-state index is 6.37. The lowest BCUT2D eigenvalue weighted by Gasteiger charge is -2.13. The molecule has 4 aromatic rings. The third kappa shape index (κ3) is 2.76. The highest BCUT2D eigenvalue weighted by Gasteiger charge is 2.24. The van der Waals surface area contributed by atoms with Crippen LogP contribution in [0.5, 0.6) is 0 Å². The number of aromatic nitrogens is 2. The molecule has 0 bridgehead atoms. The predicted molar refractivity (Wildman–Crippen MR) is 115 cm³/mol. The van der Waals surface area contributed by atoms with Gasteiger partial charge in [-0.1, -0.05) is 72.3 Å². The summed E-state index contributed by atoms with van der Waals surface area (Å²) in [6, 6.07) is 26.6. The highest BCUT2D eigenvalue weighted by Crippen LogP contribution is 2.33. The molecule has 28 heavy (non-hydrogen) atoms. The number of nitrogens with zero attached hydrogens (tertiary/aromatic N) is 3. The van der Waals surface area contributed by atoms with Gasteiger partial charge in [0.1, 0.15) is 5.82 Å². The molecule has 136 valence electrons. The first kappa shape index (κ1) is 17.0. The van der Waals surface area contributed by atoms with Crippen molar-refractivity contribution in [2.75, 3.05) is 0 Å². The van der Waals surface area contributed by atoms with Crippen molar-refractivity contribution < 1.29 is 0 Å². The Balaban J connectivity index is 1.79. The van der Waals surface area contributed by atoms with E-state index in [2.05, 4.69) is 34.9 Å². The Kier molecular flexibility index (Phi) is 4.10. The minimum absolute atomic E-state index is 0.557. The summed E-state index contributed by atoms with van der Waals surface area (Å²) in [5.74, 6) is 0.946. The van der Waals surface area contributed by atoms with Gasteiger partial charge in [-0.25, -0.2) is 4.98 Å². The van der Waals surface area contributed by atoms with Crippen molar-refractivity contribution >= 4 is 17.3 Å². The molecule has 2 heterocycles. The van der Waals surface area contributed by atoms with Gasteiger partial charge in [0.2, 0.25) is 0 Å². The van der Waals surface area contributed by atoms with Crippen LogP contribution in [0.25, 0.3) is 16.9 Å². The smallest absolute Gasteiger partial charge is 0.111 e. The minimum atomic E-state index is 0.557. The van der Waals surface area contributed by atoms with E-state index in [1.54, 1.807) is 0 Å². The Labute approximate surface area is 169 Å². The number of benzene rings is 3. The zero-order chi connectivity index (χ0) is 19.1. The molecule has 1 aliphatic heterocycles. The van der Waals surface area contributed by atoms with Crippen LogP contribution < -0.4 is 0 Å². The molecular formula is C24H18ClN3. The molecule has 0 radical (unpaired) electrons. The summed E-state index contributed by atoms with van der Waals surface area (Å²) in [7, 11) is 0. The zero-order valence-corrected chi connectivity index (χ0v) is 16.2. The lowest BCUT2D eigenvalue weighted by Crippen LogP contribution is -2.08. The molecule has 1 aromatic heterocycles. The van der Waals surface area contributed by atoms with Crippen molar-refractivity contribution in [2.24, 2.45) is 4.99 Å². The van der Waals surface area contributed by atoms with Crippen molar-refractivity contribution in [1.82, 2.24) is 9.55 Å². The lowest BCUT2D eigenvalue weighted by molar-refractivity contribution is 0.890. The normalized spacial score (nSPS) is 12.7. The van der Waals surface area contributed by atoms with E-state index in [4.69, 9.17) is 21.6 Å². The minimum Gasteiger partial charge on any atom is -0.298 e. The van der Waals surface area contributed by atoms with E-state index < -0.39 is 0 Å². The molecule has 0 N–H and O–H groups in total. The summed E-state index contributed by atoms with van der Waals surface area (Å²) in [4.78, 5) is 9.90. The largest absolute Gasteiger partial charge is 0.298 e. The molecule has 1 aliphatic rings. The molecule has 3 nitrogen and oxygen atoms in total. The second-order valence-corrected chi connectivity index (χ2v) is 7.28. The molecule has 0 spiro atoms. The van der Waals surface area contributed by atoms with Crippen LogP contribution in [0, 0.1) is 6.92 Å². The van der Waals surface area contributed by atoms with Gasteiger partial charge in [-0.2, -0.15) is 0 Å². The second kappa shape index (κ2) is 6.77. The fraction of sp³-hybridized carbons (Fsp3) is 0.0833. The summed E-state index contributed by atoms with van der Waals surface area (Å²) in [5, 5.41) is 0.701. The summed E-state index contributed by atoms with van der Waals surface area (Å²) < 4.78 is 2.22. The molecule has 0 saturated carbocycles. The third-order valence-corrected chi connectivity index (χ3v) is 5.31. The molecule has 4 heteroatoms. The average molecular weight is 384 g/mol. The quantitative estimate of drug-likeness (QED) is 0.427. The fourth-order valence-electron chi connectivity index (χ4n) is 3.84. The van der Waals surface area contributed by atoms with Crippen LogP contribution in [-0.2, 0) is 6.54 Å². The van der Waals surface area contributed by atoms with Crippen molar-refractivity contribution in [3.05, 3.63) is 107 Å². The molecule has 0 atom stereocenters. The number of aliphatic imine (C=N–C) groups is 1. The van der Waals surface area contributed by atoms with Gasteiger partial charge in [-0.3, -0.25) is 9.56 Å². The van der Waals surface area contributed by atoms with E-state index in [1.807, 2.05) is 55.5 Å². The first-order valence-electron chi connectivity index (χ1n) is 9.26. The maximum Gasteiger partial charge on any atom is 0.111 e. The SMILES string of the molecule is Cc1nc(-c2ccccc2)c2n1-c1ccc(Cl)cc1C(c1ccccc1)=NC2. The van der Waals surface area contributed by atoms with E-state index in [0.717, 1.165) is 45.3 Å². The van der Waals surface area contributed by atoms with Crippen molar-refractivity contribution in [3.63, 3.8) is 0 Å². The van der Waals surface area contributed by atoms with E-state index in [0.29, 0.717) is 11.6 Å². The van der Waals surface area contributed by atoms with Crippen LogP contribution in [0.1, 0.15) is 22.6 Å². The van der Waals surface area contributed by atoms with E-state index in [9.17, 15) is 0 Å². The molecule has 0 saturated heterocycles. The van der Waals surface area contributed by atoms with Gasteiger partial charge in [-0.05, 0) is 25.1 Å². The van der Waals surface area contributed by atoms with Crippen LogP contribution in [0.15, 0.2) is 83.9 Å². The van der Waals surface area contributed by atoms with Crippen LogP contribution in [0.2, 0.25) is 5.02 Å². The van der Waals surface area contributed by atoms with Gasteiger partial charge in [-0.15, -0.1) is 0 Å². The number of hydrogen-bond donors (Lipinski definition) is 0. The molecule has 0 aliphatic carbocycles. The number of fused-ring (bicyclic) bond motifs is 3.